The Morgan fingerprint density at radius 3 is 2.80 bits per heavy atom. The van der Waals surface area contributed by atoms with Crippen molar-refractivity contribution in [2.45, 2.75) is 26.0 Å². The highest BCUT2D eigenvalue weighted by Gasteiger charge is 1.98. The number of aliphatic hydroxyl groups excluding tert-OH is 1. The predicted octanol–water partition coefficient (Wildman–Crippen LogP) is 0.341. The first kappa shape index (κ1) is 9.88. The van der Waals surface area contributed by atoms with E-state index in [1.807, 2.05) is 0 Å². The average Bonchev–Trinajstić information content (AvgIpc) is 1.89. The molecule has 3 nitrogen and oxygen atoms in total. The van der Waals surface area contributed by atoms with Crippen LogP contribution in [0.4, 0.5) is 0 Å². The van der Waals surface area contributed by atoms with Crippen LogP contribution >= 0.6 is 0 Å². The summed E-state index contributed by atoms with van der Waals surface area (Å²) in [5.74, 6) is 0. The molecule has 0 amide bonds. The zero-order valence-corrected chi connectivity index (χ0v) is 6.76. The summed E-state index contributed by atoms with van der Waals surface area (Å²) in [5.41, 5.74) is 0. The molecule has 0 rings (SSSR count). The molecule has 3 heteroatoms. The first-order chi connectivity index (χ1) is 4.81. The number of hydrogen-bond acceptors (Lipinski definition) is 3. The number of unbranched alkanes of at least 4 members (excludes halogenated alkanes) is 1. The quantitative estimate of drug-likeness (QED) is 0.420. The second kappa shape index (κ2) is 6.99. The van der Waals surface area contributed by atoms with E-state index in [0.29, 0.717) is 6.61 Å². The Morgan fingerprint density at radius 1 is 1.60 bits per heavy atom. The average molecular weight is 147 g/mol. The smallest absolute Gasteiger partial charge is 0.128 e. The van der Waals surface area contributed by atoms with Gasteiger partial charge in [0.1, 0.15) is 6.23 Å². The molecule has 0 aromatic heterocycles. The van der Waals surface area contributed by atoms with Crippen molar-refractivity contribution >= 4 is 0 Å². The van der Waals surface area contributed by atoms with Gasteiger partial charge in [0.25, 0.3) is 0 Å². The number of ether oxygens (including phenoxy) is 1. The maximum Gasteiger partial charge on any atom is 0.128 e. The van der Waals surface area contributed by atoms with Crippen LogP contribution in [0.25, 0.3) is 0 Å². The van der Waals surface area contributed by atoms with E-state index >= 15 is 0 Å². The van der Waals surface area contributed by atoms with Crippen LogP contribution in [0.3, 0.4) is 0 Å². The van der Waals surface area contributed by atoms with E-state index in [-0.39, 0.29) is 0 Å². The van der Waals surface area contributed by atoms with Gasteiger partial charge in [0.05, 0.1) is 6.61 Å². The fraction of sp³-hybridized carbons (Fsp3) is 1.00. The first-order valence-electron chi connectivity index (χ1n) is 3.71. The summed E-state index contributed by atoms with van der Waals surface area (Å²) in [4.78, 5) is 0. The molecule has 0 fully saturated rings. The summed E-state index contributed by atoms with van der Waals surface area (Å²) >= 11 is 0. The van der Waals surface area contributed by atoms with Crippen LogP contribution in [0, 0.1) is 0 Å². The lowest BCUT2D eigenvalue weighted by atomic mass is 10.3. The summed E-state index contributed by atoms with van der Waals surface area (Å²) in [6, 6.07) is 0. The van der Waals surface area contributed by atoms with Crippen molar-refractivity contribution in [3.05, 3.63) is 0 Å². The first-order valence-corrected chi connectivity index (χ1v) is 3.71. The Balaban J connectivity index is 2.97. The van der Waals surface area contributed by atoms with Gasteiger partial charge in [-0.05, 0) is 13.0 Å². The van der Waals surface area contributed by atoms with E-state index in [1.54, 1.807) is 7.11 Å². The highest BCUT2D eigenvalue weighted by atomic mass is 16.5. The van der Waals surface area contributed by atoms with Gasteiger partial charge in [-0.15, -0.1) is 0 Å². The molecule has 62 valence electrons. The molecule has 0 spiro atoms. The van der Waals surface area contributed by atoms with Gasteiger partial charge in [0.15, 0.2) is 0 Å². The molecular weight excluding hydrogens is 130 g/mol. The van der Waals surface area contributed by atoms with Crippen molar-refractivity contribution < 1.29 is 9.84 Å². The standard InChI is InChI=1S/C7H17NO2/c1-3-4-5-8-7(9)6-10-2/h7-9H,3-6H2,1-2H3. The fourth-order valence-corrected chi connectivity index (χ4v) is 0.662. The summed E-state index contributed by atoms with van der Waals surface area (Å²) in [6.07, 6.45) is 1.74. The van der Waals surface area contributed by atoms with Crippen molar-refractivity contribution in [3.8, 4) is 0 Å². The Bertz CT molecular complexity index is 68.6. The van der Waals surface area contributed by atoms with Crippen molar-refractivity contribution in [1.29, 1.82) is 0 Å². The highest BCUT2D eigenvalue weighted by molar-refractivity contribution is 4.50. The molecule has 0 aromatic carbocycles. The summed E-state index contributed by atoms with van der Waals surface area (Å²) in [5, 5.41) is 12.0. The predicted molar refractivity (Wildman–Crippen MR) is 40.8 cm³/mol. The van der Waals surface area contributed by atoms with Crippen LogP contribution in [0.15, 0.2) is 0 Å². The molecule has 10 heavy (non-hydrogen) atoms. The molecule has 1 unspecified atom stereocenters. The molecule has 0 heterocycles. The lowest BCUT2D eigenvalue weighted by Gasteiger charge is -2.10. The van der Waals surface area contributed by atoms with Crippen LogP contribution < -0.4 is 5.32 Å². The zero-order chi connectivity index (χ0) is 7.82. The second-order valence-corrected chi connectivity index (χ2v) is 2.28. The van der Waals surface area contributed by atoms with Crippen molar-refractivity contribution in [3.63, 3.8) is 0 Å². The van der Waals surface area contributed by atoms with E-state index in [4.69, 9.17) is 9.84 Å². The molecule has 0 bridgehead atoms. The third-order valence-electron chi connectivity index (χ3n) is 1.23. The molecule has 0 aromatic rings. The SMILES string of the molecule is CCCCNC(O)COC. The van der Waals surface area contributed by atoms with E-state index < -0.39 is 6.23 Å². The van der Waals surface area contributed by atoms with Gasteiger partial charge in [-0.3, -0.25) is 5.32 Å². The van der Waals surface area contributed by atoms with Crippen LogP contribution in [-0.2, 0) is 4.74 Å². The lowest BCUT2D eigenvalue weighted by Crippen LogP contribution is -2.33. The molecule has 0 aliphatic rings. The third-order valence-corrected chi connectivity index (χ3v) is 1.23. The van der Waals surface area contributed by atoms with Crippen molar-refractivity contribution in [2.75, 3.05) is 20.3 Å². The molecule has 0 saturated heterocycles. The van der Waals surface area contributed by atoms with E-state index in [1.165, 1.54) is 0 Å². The summed E-state index contributed by atoms with van der Waals surface area (Å²) in [7, 11) is 1.57. The minimum Gasteiger partial charge on any atom is -0.381 e. The largest absolute Gasteiger partial charge is 0.381 e. The van der Waals surface area contributed by atoms with Crippen LogP contribution in [0.5, 0.6) is 0 Å². The maximum atomic E-state index is 9.04. The summed E-state index contributed by atoms with van der Waals surface area (Å²) < 4.78 is 4.72. The van der Waals surface area contributed by atoms with Gasteiger partial charge in [0, 0.05) is 7.11 Å². The van der Waals surface area contributed by atoms with E-state index in [2.05, 4.69) is 12.2 Å². The summed E-state index contributed by atoms with van der Waals surface area (Å²) in [6.45, 7) is 3.34. The van der Waals surface area contributed by atoms with Gasteiger partial charge < -0.3 is 9.84 Å². The van der Waals surface area contributed by atoms with E-state index in [9.17, 15) is 0 Å². The number of methoxy groups -OCH3 is 1. The molecule has 0 radical (unpaired) electrons. The second-order valence-electron chi connectivity index (χ2n) is 2.28. The van der Waals surface area contributed by atoms with Gasteiger partial charge in [-0.25, -0.2) is 0 Å². The lowest BCUT2D eigenvalue weighted by molar-refractivity contribution is 0.0426. The number of nitrogens with one attached hydrogen (secondary N) is 1. The van der Waals surface area contributed by atoms with Crippen molar-refractivity contribution in [1.82, 2.24) is 5.32 Å². The number of hydrogen-bond donors (Lipinski definition) is 2. The zero-order valence-electron chi connectivity index (χ0n) is 6.76. The van der Waals surface area contributed by atoms with Gasteiger partial charge in [0.2, 0.25) is 0 Å². The molecule has 1 atom stereocenters. The van der Waals surface area contributed by atoms with Crippen LogP contribution in [0.1, 0.15) is 19.8 Å². The molecular formula is C7H17NO2. The topological polar surface area (TPSA) is 41.5 Å². The van der Waals surface area contributed by atoms with Crippen molar-refractivity contribution in [2.24, 2.45) is 0 Å². The normalized spacial score (nSPS) is 13.5. The Kier molecular flexibility index (Phi) is 6.91. The fourth-order valence-electron chi connectivity index (χ4n) is 0.662. The number of rotatable bonds is 6. The van der Waals surface area contributed by atoms with Crippen LogP contribution in [-0.4, -0.2) is 31.6 Å². The Morgan fingerprint density at radius 2 is 2.30 bits per heavy atom. The monoisotopic (exact) mass is 147 g/mol. The molecule has 2 N–H and O–H groups in total. The molecule has 0 aliphatic heterocycles. The highest BCUT2D eigenvalue weighted by Crippen LogP contribution is 1.84. The minimum absolute atomic E-state index is 0.365. The Labute approximate surface area is 62.4 Å². The third kappa shape index (κ3) is 6.01. The molecule has 0 saturated carbocycles. The minimum atomic E-state index is -0.503. The van der Waals surface area contributed by atoms with Gasteiger partial charge >= 0.3 is 0 Å². The van der Waals surface area contributed by atoms with Gasteiger partial charge in [-0.2, -0.15) is 0 Å². The van der Waals surface area contributed by atoms with Crippen LogP contribution in [0.2, 0.25) is 0 Å². The number of aliphatic hydroxyl groups is 1. The maximum absolute atomic E-state index is 9.04. The Hall–Kier alpha value is -0.120. The molecule has 0 aliphatic carbocycles. The van der Waals surface area contributed by atoms with E-state index in [0.717, 1.165) is 19.4 Å². The van der Waals surface area contributed by atoms with Gasteiger partial charge in [-0.1, -0.05) is 13.3 Å².